The lowest BCUT2D eigenvalue weighted by Crippen LogP contribution is -2.50. The van der Waals surface area contributed by atoms with Gasteiger partial charge in [0.05, 0.1) is 18.5 Å². The number of nitrogens with one attached hydrogen (secondary N) is 2. The Bertz CT molecular complexity index is 1070. The Balaban J connectivity index is 1.24. The van der Waals surface area contributed by atoms with Gasteiger partial charge in [0.1, 0.15) is 6.04 Å². The molecule has 1 saturated heterocycles. The SMILES string of the molecule is CN1C(=O)Cc2ccc(-c3ccc(C[C@@H](C#N)NC(=O)[C@H]4N[C@@H]5CCC4C5)cc3)cc21. The molecule has 2 amide bonds. The minimum atomic E-state index is -0.543. The Morgan fingerprint density at radius 2 is 2.00 bits per heavy atom. The zero-order chi connectivity index (χ0) is 21.5. The molecular weight excluding hydrogens is 388 g/mol. The molecule has 2 bridgehead atoms. The first-order valence-electron chi connectivity index (χ1n) is 11.0. The minimum absolute atomic E-state index is 0.0489. The predicted octanol–water partition coefficient (Wildman–Crippen LogP) is 2.56. The van der Waals surface area contributed by atoms with Gasteiger partial charge in [0, 0.05) is 25.2 Å². The molecule has 5 rings (SSSR count). The van der Waals surface area contributed by atoms with Crippen molar-refractivity contribution in [3.8, 4) is 17.2 Å². The maximum absolute atomic E-state index is 12.6. The van der Waals surface area contributed by atoms with E-state index in [1.165, 1.54) is 0 Å². The molecule has 1 unspecified atom stereocenters. The molecule has 2 N–H and O–H groups in total. The van der Waals surface area contributed by atoms with Crippen molar-refractivity contribution < 1.29 is 9.59 Å². The molecule has 2 aliphatic heterocycles. The number of hydrogen-bond acceptors (Lipinski definition) is 4. The summed E-state index contributed by atoms with van der Waals surface area (Å²) >= 11 is 0. The molecule has 2 aromatic carbocycles. The average molecular weight is 415 g/mol. The fourth-order valence-electron chi connectivity index (χ4n) is 5.23. The van der Waals surface area contributed by atoms with Crippen LogP contribution in [0.3, 0.4) is 0 Å². The third-order valence-electron chi connectivity index (χ3n) is 7.00. The van der Waals surface area contributed by atoms with E-state index in [4.69, 9.17) is 0 Å². The highest BCUT2D eigenvalue weighted by molar-refractivity contribution is 6.01. The van der Waals surface area contributed by atoms with Crippen LogP contribution in [0.15, 0.2) is 42.5 Å². The van der Waals surface area contributed by atoms with Crippen LogP contribution in [0.2, 0.25) is 0 Å². The second-order valence-corrected chi connectivity index (χ2v) is 8.98. The van der Waals surface area contributed by atoms with E-state index in [9.17, 15) is 14.9 Å². The van der Waals surface area contributed by atoms with E-state index < -0.39 is 6.04 Å². The number of carbonyl (C=O) groups is 2. The molecule has 0 radical (unpaired) electrons. The Morgan fingerprint density at radius 1 is 1.23 bits per heavy atom. The maximum Gasteiger partial charge on any atom is 0.238 e. The molecule has 1 aliphatic carbocycles. The van der Waals surface area contributed by atoms with Gasteiger partial charge in [-0.2, -0.15) is 5.26 Å². The summed E-state index contributed by atoms with van der Waals surface area (Å²) in [5, 5.41) is 15.9. The van der Waals surface area contributed by atoms with Crippen LogP contribution >= 0.6 is 0 Å². The predicted molar refractivity (Wildman–Crippen MR) is 118 cm³/mol. The fourth-order valence-corrected chi connectivity index (χ4v) is 5.23. The Hall–Kier alpha value is -3.17. The van der Waals surface area contributed by atoms with Crippen LogP contribution in [0.25, 0.3) is 11.1 Å². The number of nitrogens with zero attached hydrogens (tertiary/aromatic N) is 2. The standard InChI is InChI=1S/C25H26N4O2/c1-29-22-12-17(6-7-18(22)13-23(29)30)16-4-2-15(3-5-16)10-21(14-26)28-25(31)24-19-8-9-20(11-19)27-24/h2-7,12,19-21,24,27H,8-11,13H2,1H3,(H,28,31)/t19?,20-,21+,24+/m1/s1. The van der Waals surface area contributed by atoms with Crippen LogP contribution in [0.4, 0.5) is 5.69 Å². The van der Waals surface area contributed by atoms with Gasteiger partial charge in [-0.1, -0.05) is 36.4 Å². The second-order valence-electron chi connectivity index (χ2n) is 8.98. The van der Waals surface area contributed by atoms with E-state index in [-0.39, 0.29) is 17.9 Å². The number of anilines is 1. The Labute approximate surface area is 182 Å². The normalized spacial score (nSPS) is 24.7. The van der Waals surface area contributed by atoms with E-state index in [1.54, 1.807) is 4.90 Å². The number of piperidine rings is 1. The second kappa shape index (κ2) is 7.82. The van der Waals surface area contributed by atoms with Gasteiger partial charge >= 0.3 is 0 Å². The van der Waals surface area contributed by atoms with Crippen molar-refractivity contribution in [1.82, 2.24) is 10.6 Å². The van der Waals surface area contributed by atoms with Gasteiger partial charge in [0.2, 0.25) is 11.8 Å². The zero-order valence-corrected chi connectivity index (χ0v) is 17.6. The van der Waals surface area contributed by atoms with Crippen molar-refractivity contribution in [3.05, 3.63) is 53.6 Å². The molecule has 3 aliphatic rings. The zero-order valence-electron chi connectivity index (χ0n) is 17.6. The van der Waals surface area contributed by atoms with Crippen molar-refractivity contribution in [2.75, 3.05) is 11.9 Å². The van der Waals surface area contributed by atoms with E-state index >= 15 is 0 Å². The van der Waals surface area contributed by atoms with E-state index in [0.717, 1.165) is 47.2 Å². The Morgan fingerprint density at radius 3 is 2.68 bits per heavy atom. The first-order chi connectivity index (χ1) is 15.0. The molecular formula is C25H26N4O2. The summed E-state index contributed by atoms with van der Waals surface area (Å²) in [5.41, 5.74) is 5.14. The smallest absolute Gasteiger partial charge is 0.238 e. The largest absolute Gasteiger partial charge is 0.339 e. The van der Waals surface area contributed by atoms with Crippen LogP contribution in [0.5, 0.6) is 0 Å². The number of likely N-dealkylation sites (N-methyl/N-ethyl adjacent to an activating group) is 1. The molecule has 2 fully saturated rings. The highest BCUT2D eigenvalue weighted by Crippen LogP contribution is 2.35. The van der Waals surface area contributed by atoms with Crippen LogP contribution in [0, 0.1) is 17.2 Å². The van der Waals surface area contributed by atoms with Gasteiger partial charge in [0.25, 0.3) is 0 Å². The van der Waals surface area contributed by atoms with Gasteiger partial charge in [-0.3, -0.25) is 9.59 Å². The number of hydrogen-bond donors (Lipinski definition) is 2. The number of amides is 2. The van der Waals surface area contributed by atoms with Crippen LogP contribution < -0.4 is 15.5 Å². The molecule has 31 heavy (non-hydrogen) atoms. The van der Waals surface area contributed by atoms with Gasteiger partial charge in [0.15, 0.2) is 0 Å². The third kappa shape index (κ3) is 3.70. The van der Waals surface area contributed by atoms with Crippen molar-refractivity contribution in [2.45, 2.75) is 50.2 Å². The van der Waals surface area contributed by atoms with Crippen molar-refractivity contribution >= 4 is 17.5 Å². The van der Waals surface area contributed by atoms with Gasteiger partial charge in [-0.05, 0) is 53.5 Å². The molecule has 6 heteroatoms. The van der Waals surface area contributed by atoms with Crippen LogP contribution in [-0.2, 0) is 22.4 Å². The topological polar surface area (TPSA) is 85.2 Å². The number of rotatable bonds is 5. The summed E-state index contributed by atoms with van der Waals surface area (Å²) in [5.74, 6) is 0.477. The number of nitriles is 1. The summed E-state index contributed by atoms with van der Waals surface area (Å²) < 4.78 is 0. The van der Waals surface area contributed by atoms with Crippen molar-refractivity contribution in [3.63, 3.8) is 0 Å². The average Bonchev–Trinajstić information content (AvgIpc) is 3.49. The first-order valence-corrected chi connectivity index (χ1v) is 11.0. The quantitative estimate of drug-likeness (QED) is 0.788. The summed E-state index contributed by atoms with van der Waals surface area (Å²) in [7, 11) is 1.81. The van der Waals surface area contributed by atoms with Crippen LogP contribution in [0.1, 0.15) is 30.4 Å². The lowest BCUT2D eigenvalue weighted by molar-refractivity contribution is -0.124. The van der Waals surface area contributed by atoms with Gasteiger partial charge in [-0.25, -0.2) is 0 Å². The molecule has 1 saturated carbocycles. The molecule has 158 valence electrons. The molecule has 6 nitrogen and oxygen atoms in total. The van der Waals surface area contributed by atoms with E-state index in [1.807, 2.05) is 43.4 Å². The third-order valence-corrected chi connectivity index (χ3v) is 7.00. The molecule has 2 heterocycles. The summed E-state index contributed by atoms with van der Waals surface area (Å²) in [6.07, 6.45) is 4.26. The summed E-state index contributed by atoms with van der Waals surface area (Å²) in [6, 6.07) is 16.2. The van der Waals surface area contributed by atoms with Gasteiger partial charge < -0.3 is 15.5 Å². The Kier molecular flexibility index (Phi) is 4.99. The highest BCUT2D eigenvalue weighted by atomic mass is 16.2. The van der Waals surface area contributed by atoms with Crippen LogP contribution in [-0.4, -0.2) is 37.0 Å². The van der Waals surface area contributed by atoms with E-state index in [2.05, 4.69) is 22.8 Å². The molecule has 4 atom stereocenters. The first kappa shape index (κ1) is 19.8. The molecule has 2 aromatic rings. The monoisotopic (exact) mass is 414 g/mol. The minimum Gasteiger partial charge on any atom is -0.339 e. The number of carbonyl (C=O) groups excluding carboxylic acids is 2. The molecule has 0 spiro atoms. The van der Waals surface area contributed by atoms with E-state index in [0.29, 0.717) is 24.8 Å². The lowest BCUT2D eigenvalue weighted by Gasteiger charge is -2.23. The highest BCUT2D eigenvalue weighted by Gasteiger charge is 2.43. The fraction of sp³-hybridized carbons (Fsp3) is 0.400. The number of fused-ring (bicyclic) bond motifs is 3. The lowest BCUT2D eigenvalue weighted by atomic mass is 9.97. The maximum atomic E-state index is 12.6. The summed E-state index contributed by atoms with van der Waals surface area (Å²) in [4.78, 5) is 26.2. The number of benzene rings is 2. The van der Waals surface area contributed by atoms with Gasteiger partial charge in [-0.15, -0.1) is 0 Å². The summed E-state index contributed by atoms with van der Waals surface area (Å²) in [6.45, 7) is 0. The van der Waals surface area contributed by atoms with Crippen molar-refractivity contribution in [1.29, 1.82) is 5.26 Å². The molecule has 0 aromatic heterocycles. The van der Waals surface area contributed by atoms with Crippen molar-refractivity contribution in [2.24, 2.45) is 5.92 Å².